The number of thioether (sulfide) groups is 1. The number of nitrogens with one attached hydrogen (secondary N) is 1. The molecule has 1 aromatic rings. The fraction of sp³-hybridized carbons (Fsp3) is 0.500. The largest absolute Gasteiger partial charge is 0.310 e. The number of aryl methyl sites for hydroxylation is 1. The van der Waals surface area contributed by atoms with Gasteiger partial charge in [0.05, 0.1) is 0 Å². The van der Waals surface area contributed by atoms with Crippen LogP contribution in [0, 0.1) is 0 Å². The molecule has 0 saturated heterocycles. The molecule has 1 heterocycles. The second-order valence-corrected chi connectivity index (χ2v) is 4.78. The number of benzene rings is 1. The van der Waals surface area contributed by atoms with Crippen LogP contribution in [0.3, 0.4) is 0 Å². The summed E-state index contributed by atoms with van der Waals surface area (Å²) in [6.45, 7) is 3.23. The van der Waals surface area contributed by atoms with Crippen LogP contribution in [-0.4, -0.2) is 18.1 Å². The molecule has 0 fully saturated rings. The van der Waals surface area contributed by atoms with Crippen molar-refractivity contribution >= 4 is 11.8 Å². The van der Waals surface area contributed by atoms with Crippen molar-refractivity contribution in [2.75, 3.05) is 18.1 Å². The summed E-state index contributed by atoms with van der Waals surface area (Å²) >= 11 is 2.06. The van der Waals surface area contributed by atoms with E-state index in [1.54, 1.807) is 0 Å². The molecule has 2 heteroatoms. The van der Waals surface area contributed by atoms with Gasteiger partial charge in [-0.2, -0.15) is 11.8 Å². The predicted molar refractivity (Wildman–Crippen MR) is 63.9 cm³/mol. The summed E-state index contributed by atoms with van der Waals surface area (Å²) in [6.07, 6.45) is 1.22. The van der Waals surface area contributed by atoms with E-state index in [-0.39, 0.29) is 0 Å². The molecule has 2 rings (SSSR count). The molecule has 1 aliphatic rings. The Morgan fingerprint density at radius 3 is 3.14 bits per heavy atom. The van der Waals surface area contributed by atoms with Crippen LogP contribution in [0.5, 0.6) is 0 Å². The topological polar surface area (TPSA) is 12.0 Å². The number of hydrogen-bond donors (Lipinski definition) is 1. The summed E-state index contributed by atoms with van der Waals surface area (Å²) in [4.78, 5) is 0. The smallest absolute Gasteiger partial charge is 0.0414 e. The summed E-state index contributed by atoms with van der Waals surface area (Å²) in [6, 6.07) is 9.40. The monoisotopic (exact) mass is 207 g/mol. The van der Waals surface area contributed by atoms with E-state index >= 15 is 0 Å². The second-order valence-electron chi connectivity index (χ2n) is 3.63. The lowest BCUT2D eigenvalue weighted by Crippen LogP contribution is -2.23. The molecule has 0 aliphatic carbocycles. The van der Waals surface area contributed by atoms with Crippen molar-refractivity contribution in [2.45, 2.75) is 19.4 Å². The van der Waals surface area contributed by atoms with Crippen molar-refractivity contribution in [1.82, 2.24) is 5.32 Å². The van der Waals surface area contributed by atoms with Gasteiger partial charge in [-0.15, -0.1) is 0 Å². The van der Waals surface area contributed by atoms with Crippen LogP contribution in [0.2, 0.25) is 0 Å². The molecular formula is C12H17NS. The van der Waals surface area contributed by atoms with Gasteiger partial charge < -0.3 is 5.32 Å². The average Bonchev–Trinajstić information content (AvgIpc) is 2.42. The quantitative estimate of drug-likeness (QED) is 0.800. The van der Waals surface area contributed by atoms with Gasteiger partial charge >= 0.3 is 0 Å². The first-order valence-electron chi connectivity index (χ1n) is 5.30. The zero-order chi connectivity index (χ0) is 9.80. The summed E-state index contributed by atoms with van der Waals surface area (Å²) in [5, 5.41) is 3.56. The third-order valence-electron chi connectivity index (χ3n) is 2.68. The summed E-state index contributed by atoms with van der Waals surface area (Å²) in [5.41, 5.74) is 3.04. The third kappa shape index (κ3) is 2.12. The molecule has 1 atom stereocenters. The lowest BCUT2D eigenvalue weighted by atomic mass is 10.00. The Kier molecular flexibility index (Phi) is 3.49. The maximum atomic E-state index is 3.56. The molecule has 1 aliphatic heterocycles. The molecule has 1 N–H and O–H groups in total. The zero-order valence-corrected chi connectivity index (χ0v) is 9.44. The van der Waals surface area contributed by atoms with Crippen LogP contribution in [0.25, 0.3) is 0 Å². The Bertz CT molecular complexity index is 298. The molecular weight excluding hydrogens is 190 g/mol. The van der Waals surface area contributed by atoms with Crippen molar-refractivity contribution < 1.29 is 0 Å². The van der Waals surface area contributed by atoms with Crippen molar-refractivity contribution in [3.05, 3.63) is 35.4 Å². The van der Waals surface area contributed by atoms with E-state index in [1.165, 1.54) is 29.1 Å². The standard InChI is InChI=1S/C12H17NS/c1-2-13-12-9-14-8-7-10-5-3-4-6-11(10)12/h3-6,12-13H,2,7-9H2,1H3. The van der Waals surface area contributed by atoms with Gasteiger partial charge in [-0.3, -0.25) is 0 Å². The van der Waals surface area contributed by atoms with Gasteiger partial charge in [0, 0.05) is 11.8 Å². The Labute approximate surface area is 90.3 Å². The minimum atomic E-state index is 0.559. The highest BCUT2D eigenvalue weighted by atomic mass is 32.2. The normalized spacial score (nSPS) is 21.4. The first-order valence-corrected chi connectivity index (χ1v) is 6.46. The van der Waals surface area contributed by atoms with E-state index in [2.05, 4.69) is 48.3 Å². The van der Waals surface area contributed by atoms with E-state index in [1.807, 2.05) is 0 Å². The Balaban J connectivity index is 2.27. The highest BCUT2D eigenvalue weighted by Crippen LogP contribution is 2.27. The molecule has 1 unspecified atom stereocenters. The molecule has 0 bridgehead atoms. The van der Waals surface area contributed by atoms with Crippen LogP contribution in [-0.2, 0) is 6.42 Å². The van der Waals surface area contributed by atoms with E-state index in [9.17, 15) is 0 Å². The maximum absolute atomic E-state index is 3.56. The molecule has 0 radical (unpaired) electrons. The first-order chi connectivity index (χ1) is 6.92. The SMILES string of the molecule is CCNC1CSCCc2ccccc21. The maximum Gasteiger partial charge on any atom is 0.0414 e. The van der Waals surface area contributed by atoms with Gasteiger partial charge in [0.1, 0.15) is 0 Å². The van der Waals surface area contributed by atoms with Gasteiger partial charge in [-0.25, -0.2) is 0 Å². The Hall–Kier alpha value is -0.470. The Morgan fingerprint density at radius 2 is 2.29 bits per heavy atom. The van der Waals surface area contributed by atoms with Crippen molar-refractivity contribution in [3.8, 4) is 0 Å². The van der Waals surface area contributed by atoms with Crippen molar-refractivity contribution in [2.24, 2.45) is 0 Å². The molecule has 14 heavy (non-hydrogen) atoms. The van der Waals surface area contributed by atoms with Crippen molar-refractivity contribution in [3.63, 3.8) is 0 Å². The average molecular weight is 207 g/mol. The van der Waals surface area contributed by atoms with Gasteiger partial charge in [-0.1, -0.05) is 31.2 Å². The highest BCUT2D eigenvalue weighted by molar-refractivity contribution is 7.99. The fourth-order valence-corrected chi connectivity index (χ4v) is 3.05. The van der Waals surface area contributed by atoms with Crippen LogP contribution in [0.15, 0.2) is 24.3 Å². The van der Waals surface area contributed by atoms with Gasteiger partial charge in [-0.05, 0) is 29.8 Å². The lowest BCUT2D eigenvalue weighted by Gasteiger charge is -2.17. The molecule has 0 amide bonds. The summed E-state index contributed by atoms with van der Waals surface area (Å²) in [5.74, 6) is 2.48. The lowest BCUT2D eigenvalue weighted by molar-refractivity contribution is 0.604. The van der Waals surface area contributed by atoms with E-state index in [0.29, 0.717) is 6.04 Å². The molecule has 1 aromatic carbocycles. The minimum Gasteiger partial charge on any atom is -0.310 e. The zero-order valence-electron chi connectivity index (χ0n) is 8.62. The molecule has 0 spiro atoms. The third-order valence-corrected chi connectivity index (χ3v) is 3.74. The van der Waals surface area contributed by atoms with Crippen LogP contribution in [0.1, 0.15) is 24.1 Å². The number of hydrogen-bond acceptors (Lipinski definition) is 2. The van der Waals surface area contributed by atoms with Crippen LogP contribution in [0.4, 0.5) is 0 Å². The van der Waals surface area contributed by atoms with Gasteiger partial charge in [0.2, 0.25) is 0 Å². The molecule has 1 nitrogen and oxygen atoms in total. The number of fused-ring (bicyclic) bond motifs is 1. The van der Waals surface area contributed by atoms with Crippen molar-refractivity contribution in [1.29, 1.82) is 0 Å². The van der Waals surface area contributed by atoms with Gasteiger partial charge in [0.15, 0.2) is 0 Å². The summed E-state index contributed by atoms with van der Waals surface area (Å²) < 4.78 is 0. The molecule has 0 aromatic heterocycles. The minimum absolute atomic E-state index is 0.559. The first kappa shape index (κ1) is 10.1. The van der Waals surface area contributed by atoms with Gasteiger partial charge in [0.25, 0.3) is 0 Å². The number of rotatable bonds is 2. The second kappa shape index (κ2) is 4.85. The molecule has 0 saturated carbocycles. The van der Waals surface area contributed by atoms with E-state index in [0.717, 1.165) is 6.54 Å². The van der Waals surface area contributed by atoms with Crippen LogP contribution < -0.4 is 5.32 Å². The van der Waals surface area contributed by atoms with E-state index < -0.39 is 0 Å². The fourth-order valence-electron chi connectivity index (χ4n) is 1.99. The predicted octanol–water partition coefficient (Wildman–Crippen LogP) is 2.63. The van der Waals surface area contributed by atoms with E-state index in [4.69, 9.17) is 0 Å². The molecule has 76 valence electrons. The van der Waals surface area contributed by atoms with Crippen LogP contribution >= 0.6 is 11.8 Å². The Morgan fingerprint density at radius 1 is 1.43 bits per heavy atom. The highest BCUT2D eigenvalue weighted by Gasteiger charge is 2.16. The summed E-state index contributed by atoms with van der Waals surface area (Å²) in [7, 11) is 0.